The molecule has 1 aromatic heterocycles. The van der Waals surface area contributed by atoms with Crippen molar-refractivity contribution in [1.29, 1.82) is 0 Å². The number of epoxide rings is 1. The molecule has 2 atom stereocenters. The molecule has 115 valence electrons. The van der Waals surface area contributed by atoms with Crippen molar-refractivity contribution in [2.75, 3.05) is 0 Å². The van der Waals surface area contributed by atoms with Crippen LogP contribution in [0.2, 0.25) is 0 Å². The molecule has 2 heterocycles. The lowest BCUT2D eigenvalue weighted by molar-refractivity contribution is 0.261. The molecule has 0 N–H and O–H groups in total. The van der Waals surface area contributed by atoms with E-state index in [0.29, 0.717) is 11.1 Å². The summed E-state index contributed by atoms with van der Waals surface area (Å²) in [5, 5.41) is 4.02. The third kappa shape index (κ3) is 2.41. The molecule has 6 heteroatoms. The average Bonchev–Trinajstić information content (AvgIpc) is 3.02. The first-order valence-electron chi connectivity index (χ1n) is 7.13. The van der Waals surface area contributed by atoms with Gasteiger partial charge in [0.05, 0.1) is 6.54 Å². The second-order valence-electron chi connectivity index (χ2n) is 5.44. The van der Waals surface area contributed by atoms with E-state index < -0.39 is 11.7 Å². The minimum absolute atomic E-state index is 0.273. The minimum Gasteiger partial charge on any atom is -0.354 e. The Hall–Kier alpha value is -2.60. The zero-order valence-corrected chi connectivity index (χ0v) is 12.0. The molecule has 4 nitrogen and oxygen atoms in total. The third-order valence-corrected chi connectivity index (χ3v) is 4.00. The van der Waals surface area contributed by atoms with Crippen molar-refractivity contribution in [2.45, 2.75) is 18.2 Å². The maximum atomic E-state index is 14.1. The lowest BCUT2D eigenvalue weighted by Gasteiger charge is -2.14. The molecule has 3 aromatic rings. The van der Waals surface area contributed by atoms with Gasteiger partial charge in [-0.3, -0.25) is 0 Å². The molecule has 0 spiro atoms. The van der Waals surface area contributed by atoms with Gasteiger partial charge in [0.1, 0.15) is 29.7 Å². The van der Waals surface area contributed by atoms with Crippen LogP contribution in [0, 0.1) is 18.0 Å². The second-order valence-corrected chi connectivity index (χ2v) is 5.44. The number of hydrogen-bond donors (Lipinski definition) is 0. The SMILES string of the molecule is Fc1cccc([C@@]2(Cn3[c]ncn3)O[C@@H]2c2ccccc2F)c1. The number of ether oxygens (including phenoxy) is 1. The number of hydrogen-bond acceptors (Lipinski definition) is 3. The maximum absolute atomic E-state index is 14.1. The Kier molecular flexibility index (Phi) is 3.20. The van der Waals surface area contributed by atoms with Crippen LogP contribution < -0.4 is 0 Å². The fourth-order valence-electron chi connectivity index (χ4n) is 2.87. The third-order valence-electron chi connectivity index (χ3n) is 4.00. The Balaban J connectivity index is 1.76. The van der Waals surface area contributed by atoms with E-state index in [4.69, 9.17) is 4.74 Å². The number of benzene rings is 2. The van der Waals surface area contributed by atoms with Gasteiger partial charge in [-0.2, -0.15) is 5.10 Å². The fraction of sp³-hybridized carbons (Fsp3) is 0.176. The number of nitrogens with zero attached hydrogens (tertiary/aromatic N) is 3. The summed E-state index contributed by atoms with van der Waals surface area (Å²) in [5.74, 6) is -0.717. The van der Waals surface area contributed by atoms with Crippen LogP contribution in [-0.2, 0) is 16.9 Å². The first kappa shape index (κ1) is 14.0. The smallest absolute Gasteiger partial charge is 0.196 e. The van der Waals surface area contributed by atoms with E-state index in [9.17, 15) is 8.78 Å². The van der Waals surface area contributed by atoms with Gasteiger partial charge in [0.15, 0.2) is 6.33 Å². The molecule has 1 aliphatic heterocycles. The molecular weight excluding hydrogens is 300 g/mol. The Morgan fingerprint density at radius 3 is 2.78 bits per heavy atom. The van der Waals surface area contributed by atoms with Gasteiger partial charge >= 0.3 is 0 Å². The van der Waals surface area contributed by atoms with E-state index in [1.54, 1.807) is 30.3 Å². The predicted octanol–water partition coefficient (Wildman–Crippen LogP) is 3.02. The van der Waals surface area contributed by atoms with E-state index in [1.807, 2.05) is 0 Å². The normalized spacial score (nSPS) is 23.0. The second kappa shape index (κ2) is 5.24. The Morgan fingerprint density at radius 2 is 2.04 bits per heavy atom. The maximum Gasteiger partial charge on any atom is 0.196 e. The van der Waals surface area contributed by atoms with Crippen LogP contribution >= 0.6 is 0 Å². The van der Waals surface area contributed by atoms with Gasteiger partial charge in [-0.25, -0.2) is 18.4 Å². The van der Waals surface area contributed by atoms with Crippen LogP contribution in [0.25, 0.3) is 0 Å². The molecule has 1 saturated heterocycles. The number of aromatic nitrogens is 3. The Bertz CT molecular complexity index is 837. The Labute approximate surface area is 131 Å². The molecule has 4 rings (SSSR count). The highest BCUT2D eigenvalue weighted by Crippen LogP contribution is 2.58. The van der Waals surface area contributed by atoms with Crippen LogP contribution in [0.1, 0.15) is 17.2 Å². The Morgan fingerprint density at radius 1 is 1.17 bits per heavy atom. The summed E-state index contributed by atoms with van der Waals surface area (Å²) in [5.41, 5.74) is 0.195. The van der Waals surface area contributed by atoms with Gasteiger partial charge in [-0.1, -0.05) is 30.3 Å². The van der Waals surface area contributed by atoms with E-state index in [0.717, 1.165) is 0 Å². The monoisotopic (exact) mass is 312 g/mol. The minimum atomic E-state index is -0.880. The van der Waals surface area contributed by atoms with Gasteiger partial charge in [0, 0.05) is 5.56 Å². The summed E-state index contributed by atoms with van der Waals surface area (Å²) in [6, 6.07) is 12.6. The van der Waals surface area contributed by atoms with Crippen LogP contribution in [-0.4, -0.2) is 14.8 Å². The summed E-state index contributed by atoms with van der Waals surface area (Å²) in [6.07, 6.45) is 3.54. The van der Waals surface area contributed by atoms with Crippen molar-refractivity contribution >= 4 is 0 Å². The number of halogens is 2. The van der Waals surface area contributed by atoms with Crippen molar-refractivity contribution in [3.05, 3.63) is 83.9 Å². The van der Waals surface area contributed by atoms with E-state index >= 15 is 0 Å². The highest BCUT2D eigenvalue weighted by Gasteiger charge is 2.60. The van der Waals surface area contributed by atoms with Gasteiger partial charge in [-0.05, 0) is 23.8 Å². The average molecular weight is 312 g/mol. The molecule has 0 saturated carbocycles. The van der Waals surface area contributed by atoms with Crippen LogP contribution in [0.15, 0.2) is 54.9 Å². The van der Waals surface area contributed by atoms with Crippen molar-refractivity contribution < 1.29 is 13.5 Å². The molecule has 2 aromatic carbocycles. The van der Waals surface area contributed by atoms with Crippen LogP contribution in [0.4, 0.5) is 8.78 Å². The van der Waals surface area contributed by atoms with Crippen molar-refractivity contribution in [3.8, 4) is 0 Å². The summed E-state index contributed by atoms with van der Waals surface area (Å²) >= 11 is 0. The fourth-order valence-corrected chi connectivity index (χ4v) is 2.87. The molecular formula is C17H12F2N3O. The van der Waals surface area contributed by atoms with E-state index in [-0.39, 0.29) is 18.2 Å². The zero-order valence-electron chi connectivity index (χ0n) is 12.0. The predicted molar refractivity (Wildman–Crippen MR) is 77.2 cm³/mol. The molecule has 1 radical (unpaired) electrons. The lowest BCUT2D eigenvalue weighted by atomic mass is 9.91. The van der Waals surface area contributed by atoms with Gasteiger partial charge in [-0.15, -0.1) is 0 Å². The molecule has 1 aliphatic rings. The van der Waals surface area contributed by atoms with Gasteiger partial charge in [0.2, 0.25) is 0 Å². The molecule has 23 heavy (non-hydrogen) atoms. The van der Waals surface area contributed by atoms with Crippen molar-refractivity contribution in [3.63, 3.8) is 0 Å². The van der Waals surface area contributed by atoms with Gasteiger partial charge < -0.3 is 4.74 Å². The molecule has 1 fully saturated rings. The summed E-state index contributed by atoms with van der Waals surface area (Å²) in [7, 11) is 0. The quantitative estimate of drug-likeness (QED) is 0.696. The van der Waals surface area contributed by atoms with Crippen molar-refractivity contribution in [1.82, 2.24) is 14.8 Å². The van der Waals surface area contributed by atoms with E-state index in [1.165, 1.54) is 29.2 Å². The first-order chi connectivity index (χ1) is 11.2. The highest BCUT2D eigenvalue weighted by molar-refractivity contribution is 5.36. The zero-order chi connectivity index (χ0) is 15.9. The molecule has 0 unspecified atom stereocenters. The van der Waals surface area contributed by atoms with E-state index in [2.05, 4.69) is 16.4 Å². The van der Waals surface area contributed by atoms with Gasteiger partial charge in [0.25, 0.3) is 0 Å². The summed E-state index contributed by atoms with van der Waals surface area (Å²) < 4.78 is 35.1. The summed E-state index contributed by atoms with van der Waals surface area (Å²) in [4.78, 5) is 3.78. The first-order valence-corrected chi connectivity index (χ1v) is 7.13. The van der Waals surface area contributed by atoms with Crippen molar-refractivity contribution in [2.24, 2.45) is 0 Å². The molecule has 0 aliphatic carbocycles. The molecule has 0 bridgehead atoms. The summed E-state index contributed by atoms with van der Waals surface area (Å²) in [6.45, 7) is 0.273. The molecule has 0 amide bonds. The van der Waals surface area contributed by atoms with Crippen LogP contribution in [0.3, 0.4) is 0 Å². The number of rotatable bonds is 4. The largest absolute Gasteiger partial charge is 0.354 e. The highest BCUT2D eigenvalue weighted by atomic mass is 19.1. The van der Waals surface area contributed by atoms with Crippen LogP contribution in [0.5, 0.6) is 0 Å². The standard InChI is InChI=1S/C17H12F2N3O/c18-13-5-3-4-12(8-13)17(9-22-11-20-10-21-22)16(23-17)14-6-1-2-7-15(14)19/h1-8,10,16H,9H2/t16-,17-/m1/s1. The lowest BCUT2D eigenvalue weighted by Crippen LogP contribution is -2.20. The topological polar surface area (TPSA) is 43.2 Å².